The SMILES string of the molecule is Cc1ccc(C(=O)Nc2ccc(-c3noc(-c4cccc(Cl)c4)n3)cc2)cc1[N+](=O)[O-]. The maximum atomic E-state index is 12.5. The quantitative estimate of drug-likeness (QED) is 0.326. The van der Waals surface area contributed by atoms with Gasteiger partial charge in [-0.15, -0.1) is 0 Å². The monoisotopic (exact) mass is 434 g/mol. The summed E-state index contributed by atoms with van der Waals surface area (Å²) in [6.07, 6.45) is 0. The predicted molar refractivity (Wildman–Crippen MR) is 116 cm³/mol. The third kappa shape index (κ3) is 4.44. The number of hydrogen-bond donors (Lipinski definition) is 1. The molecule has 0 unspecified atom stereocenters. The van der Waals surface area contributed by atoms with Crippen LogP contribution in [0.4, 0.5) is 11.4 Å². The fourth-order valence-electron chi connectivity index (χ4n) is 2.93. The number of aromatic nitrogens is 2. The second kappa shape index (κ2) is 8.37. The number of nitrogens with zero attached hydrogens (tertiary/aromatic N) is 3. The summed E-state index contributed by atoms with van der Waals surface area (Å²) >= 11 is 6.00. The molecule has 0 spiro atoms. The number of halogens is 1. The smallest absolute Gasteiger partial charge is 0.273 e. The van der Waals surface area contributed by atoms with Gasteiger partial charge in [0.15, 0.2) is 0 Å². The molecule has 4 aromatic rings. The van der Waals surface area contributed by atoms with Crippen molar-refractivity contribution in [2.75, 3.05) is 5.32 Å². The molecule has 9 heteroatoms. The second-order valence-electron chi connectivity index (χ2n) is 6.72. The lowest BCUT2D eigenvalue weighted by Crippen LogP contribution is -2.12. The molecule has 8 nitrogen and oxygen atoms in total. The van der Waals surface area contributed by atoms with Gasteiger partial charge in [0, 0.05) is 39.0 Å². The summed E-state index contributed by atoms with van der Waals surface area (Å²) in [5.41, 5.74) is 2.52. The zero-order chi connectivity index (χ0) is 22.0. The van der Waals surface area contributed by atoms with Crippen molar-refractivity contribution in [1.29, 1.82) is 0 Å². The third-order valence-corrected chi connectivity index (χ3v) is 4.80. The summed E-state index contributed by atoms with van der Waals surface area (Å²) in [6.45, 7) is 1.62. The first-order chi connectivity index (χ1) is 14.9. The minimum Gasteiger partial charge on any atom is -0.334 e. The second-order valence-corrected chi connectivity index (χ2v) is 7.16. The fourth-order valence-corrected chi connectivity index (χ4v) is 3.12. The largest absolute Gasteiger partial charge is 0.334 e. The molecule has 0 atom stereocenters. The van der Waals surface area contributed by atoms with Gasteiger partial charge in [-0.2, -0.15) is 4.98 Å². The Labute approximate surface area is 181 Å². The molecule has 0 aliphatic rings. The molecule has 3 aromatic carbocycles. The topological polar surface area (TPSA) is 111 Å². The molecule has 0 bridgehead atoms. The molecule has 0 radical (unpaired) electrons. The van der Waals surface area contributed by atoms with Crippen LogP contribution in [0.25, 0.3) is 22.8 Å². The van der Waals surface area contributed by atoms with Gasteiger partial charge in [0.25, 0.3) is 17.5 Å². The van der Waals surface area contributed by atoms with Crippen LogP contribution in [0.15, 0.2) is 71.3 Å². The van der Waals surface area contributed by atoms with E-state index in [-0.39, 0.29) is 11.3 Å². The maximum absolute atomic E-state index is 12.5. The Morgan fingerprint density at radius 1 is 1.06 bits per heavy atom. The number of anilines is 1. The van der Waals surface area contributed by atoms with E-state index in [0.29, 0.717) is 39.1 Å². The standard InChI is InChI=1S/C22H15ClN4O4/c1-13-5-6-15(12-19(13)27(29)30)21(28)24-18-9-7-14(8-10-18)20-25-22(31-26-20)16-3-2-4-17(23)11-16/h2-12H,1H3,(H,24,28). The van der Waals surface area contributed by atoms with Crippen LogP contribution in [0.1, 0.15) is 15.9 Å². The van der Waals surface area contributed by atoms with Gasteiger partial charge in [-0.1, -0.05) is 28.9 Å². The molecule has 4 rings (SSSR count). The zero-order valence-electron chi connectivity index (χ0n) is 16.2. The van der Waals surface area contributed by atoms with Crippen LogP contribution in [0.2, 0.25) is 5.02 Å². The summed E-state index contributed by atoms with van der Waals surface area (Å²) in [6, 6.07) is 18.3. The van der Waals surface area contributed by atoms with Crippen LogP contribution in [0.5, 0.6) is 0 Å². The summed E-state index contributed by atoms with van der Waals surface area (Å²) in [5.74, 6) is 0.288. The van der Waals surface area contributed by atoms with Crippen LogP contribution in [-0.2, 0) is 0 Å². The van der Waals surface area contributed by atoms with Crippen LogP contribution >= 0.6 is 11.6 Å². The molecule has 1 N–H and O–H groups in total. The van der Waals surface area contributed by atoms with Crippen molar-refractivity contribution in [3.63, 3.8) is 0 Å². The number of rotatable bonds is 5. The number of carbonyl (C=O) groups excluding carboxylic acids is 1. The van der Waals surface area contributed by atoms with Crippen molar-refractivity contribution in [2.45, 2.75) is 6.92 Å². The van der Waals surface area contributed by atoms with Crippen LogP contribution in [0, 0.1) is 17.0 Å². The number of hydrogen-bond acceptors (Lipinski definition) is 6. The van der Waals surface area contributed by atoms with Gasteiger partial charge < -0.3 is 9.84 Å². The summed E-state index contributed by atoms with van der Waals surface area (Å²) < 4.78 is 5.31. The van der Waals surface area contributed by atoms with Gasteiger partial charge in [-0.25, -0.2) is 0 Å². The number of benzene rings is 3. The lowest BCUT2D eigenvalue weighted by molar-refractivity contribution is -0.385. The van der Waals surface area contributed by atoms with Gasteiger partial charge in [0.2, 0.25) is 5.82 Å². The molecule has 0 aliphatic heterocycles. The van der Waals surface area contributed by atoms with Crippen molar-refractivity contribution in [1.82, 2.24) is 10.1 Å². The normalized spacial score (nSPS) is 10.6. The third-order valence-electron chi connectivity index (χ3n) is 4.57. The van der Waals surface area contributed by atoms with Crippen molar-refractivity contribution in [2.24, 2.45) is 0 Å². The Kier molecular flexibility index (Phi) is 5.46. The Balaban J connectivity index is 1.50. The minimum absolute atomic E-state index is 0.101. The highest BCUT2D eigenvalue weighted by Crippen LogP contribution is 2.25. The highest BCUT2D eigenvalue weighted by molar-refractivity contribution is 6.30. The average molecular weight is 435 g/mol. The Morgan fingerprint density at radius 2 is 1.84 bits per heavy atom. The Hall–Kier alpha value is -4.04. The molecule has 1 aromatic heterocycles. The molecular formula is C22H15ClN4O4. The number of nitrogens with one attached hydrogen (secondary N) is 1. The molecule has 31 heavy (non-hydrogen) atoms. The van der Waals surface area contributed by atoms with Crippen molar-refractivity contribution >= 4 is 28.9 Å². The van der Waals surface area contributed by atoms with E-state index >= 15 is 0 Å². The highest BCUT2D eigenvalue weighted by Gasteiger charge is 2.16. The van der Waals surface area contributed by atoms with Crippen molar-refractivity contribution in [3.05, 3.63) is 93.0 Å². The van der Waals surface area contributed by atoms with E-state index in [9.17, 15) is 14.9 Å². The number of carbonyl (C=O) groups is 1. The summed E-state index contributed by atoms with van der Waals surface area (Å²) in [7, 11) is 0. The molecular weight excluding hydrogens is 420 g/mol. The molecule has 0 fully saturated rings. The maximum Gasteiger partial charge on any atom is 0.273 e. The first kappa shape index (κ1) is 20.2. The minimum atomic E-state index is -0.510. The molecule has 154 valence electrons. The number of nitro groups is 1. The molecule has 0 saturated heterocycles. The van der Waals surface area contributed by atoms with Crippen LogP contribution in [0.3, 0.4) is 0 Å². The number of aryl methyl sites for hydroxylation is 1. The van der Waals surface area contributed by atoms with E-state index in [0.717, 1.165) is 0 Å². The highest BCUT2D eigenvalue weighted by atomic mass is 35.5. The number of nitro benzene ring substituents is 1. The van der Waals surface area contributed by atoms with Crippen molar-refractivity contribution in [3.8, 4) is 22.8 Å². The first-order valence-corrected chi connectivity index (χ1v) is 9.55. The van der Waals surface area contributed by atoms with Gasteiger partial charge in [-0.05, 0) is 55.5 Å². The van der Waals surface area contributed by atoms with Crippen LogP contribution in [-0.4, -0.2) is 21.0 Å². The molecule has 0 saturated carbocycles. The first-order valence-electron chi connectivity index (χ1n) is 9.17. The predicted octanol–water partition coefficient (Wildman–Crippen LogP) is 5.53. The zero-order valence-corrected chi connectivity index (χ0v) is 17.0. The van der Waals surface area contributed by atoms with Crippen molar-refractivity contribution < 1.29 is 14.2 Å². The molecule has 0 aliphatic carbocycles. The Morgan fingerprint density at radius 3 is 2.55 bits per heavy atom. The summed E-state index contributed by atoms with van der Waals surface area (Å²) in [4.78, 5) is 27.4. The fraction of sp³-hybridized carbons (Fsp3) is 0.0455. The van der Waals surface area contributed by atoms with E-state index in [2.05, 4.69) is 15.5 Å². The van der Waals surface area contributed by atoms with Gasteiger partial charge >= 0.3 is 0 Å². The van der Waals surface area contributed by atoms with Gasteiger partial charge in [0.1, 0.15) is 0 Å². The Bertz CT molecular complexity index is 1280. The average Bonchev–Trinajstić information content (AvgIpc) is 3.25. The lowest BCUT2D eigenvalue weighted by atomic mass is 10.1. The lowest BCUT2D eigenvalue weighted by Gasteiger charge is -2.06. The van der Waals surface area contributed by atoms with E-state index < -0.39 is 10.8 Å². The number of amides is 1. The molecule has 1 heterocycles. The van der Waals surface area contributed by atoms with Gasteiger partial charge in [0.05, 0.1) is 4.92 Å². The summed E-state index contributed by atoms with van der Waals surface area (Å²) in [5, 5.41) is 18.4. The molecule has 1 amide bonds. The van der Waals surface area contributed by atoms with E-state index in [1.165, 1.54) is 6.07 Å². The van der Waals surface area contributed by atoms with E-state index in [1.54, 1.807) is 61.5 Å². The van der Waals surface area contributed by atoms with Crippen LogP contribution < -0.4 is 5.32 Å². The van der Waals surface area contributed by atoms with E-state index in [1.807, 2.05) is 6.07 Å². The van der Waals surface area contributed by atoms with E-state index in [4.69, 9.17) is 16.1 Å². The van der Waals surface area contributed by atoms with Gasteiger partial charge in [-0.3, -0.25) is 14.9 Å².